The van der Waals surface area contributed by atoms with Crippen molar-refractivity contribution in [2.75, 3.05) is 32.7 Å². The van der Waals surface area contributed by atoms with Crippen molar-refractivity contribution < 1.29 is 4.79 Å². The number of carbonyl (C=O) groups is 1. The predicted molar refractivity (Wildman–Crippen MR) is 85.8 cm³/mol. The summed E-state index contributed by atoms with van der Waals surface area (Å²) in [6.45, 7) is 6.91. The SMILES string of the molecule is CC1CC1C(=O)N1CCN(CC=Cc2ccccc2)CC1. The molecule has 1 heterocycles. The lowest BCUT2D eigenvalue weighted by molar-refractivity contribution is -0.134. The molecule has 1 aliphatic heterocycles. The Balaban J connectivity index is 1.42. The highest BCUT2D eigenvalue weighted by Gasteiger charge is 2.41. The molecule has 1 aromatic carbocycles. The van der Waals surface area contributed by atoms with Gasteiger partial charge in [-0.3, -0.25) is 9.69 Å². The number of hydrogen-bond acceptors (Lipinski definition) is 2. The Bertz CT molecular complexity index is 503. The van der Waals surface area contributed by atoms with E-state index in [1.54, 1.807) is 0 Å². The number of carbonyl (C=O) groups excluding carboxylic acids is 1. The van der Waals surface area contributed by atoms with Gasteiger partial charge >= 0.3 is 0 Å². The predicted octanol–water partition coefficient (Wildman–Crippen LogP) is 2.50. The van der Waals surface area contributed by atoms with Crippen molar-refractivity contribution in [3.05, 3.63) is 42.0 Å². The van der Waals surface area contributed by atoms with E-state index >= 15 is 0 Å². The van der Waals surface area contributed by atoms with Gasteiger partial charge in [0.2, 0.25) is 5.91 Å². The fourth-order valence-corrected chi connectivity index (χ4v) is 2.95. The smallest absolute Gasteiger partial charge is 0.226 e. The lowest BCUT2D eigenvalue weighted by atomic mass is 10.2. The molecule has 0 spiro atoms. The molecular formula is C18H24N2O. The average molecular weight is 284 g/mol. The van der Waals surface area contributed by atoms with E-state index < -0.39 is 0 Å². The highest BCUT2D eigenvalue weighted by Crippen LogP contribution is 2.39. The molecule has 112 valence electrons. The Labute approximate surface area is 127 Å². The summed E-state index contributed by atoms with van der Waals surface area (Å²) >= 11 is 0. The van der Waals surface area contributed by atoms with Crippen LogP contribution in [-0.4, -0.2) is 48.4 Å². The van der Waals surface area contributed by atoms with Gasteiger partial charge in [-0.15, -0.1) is 0 Å². The molecule has 2 fully saturated rings. The van der Waals surface area contributed by atoms with Gasteiger partial charge in [-0.1, -0.05) is 49.4 Å². The third-order valence-electron chi connectivity index (χ3n) is 4.58. The van der Waals surface area contributed by atoms with Crippen molar-refractivity contribution >= 4 is 12.0 Å². The van der Waals surface area contributed by atoms with Crippen LogP contribution >= 0.6 is 0 Å². The van der Waals surface area contributed by atoms with Crippen LogP contribution < -0.4 is 0 Å². The van der Waals surface area contributed by atoms with Crippen molar-refractivity contribution in [1.29, 1.82) is 0 Å². The van der Waals surface area contributed by atoms with Crippen LogP contribution in [0.1, 0.15) is 18.9 Å². The van der Waals surface area contributed by atoms with E-state index in [4.69, 9.17) is 0 Å². The third-order valence-corrected chi connectivity index (χ3v) is 4.58. The van der Waals surface area contributed by atoms with Crippen molar-refractivity contribution in [2.24, 2.45) is 11.8 Å². The van der Waals surface area contributed by atoms with Gasteiger partial charge in [0.1, 0.15) is 0 Å². The van der Waals surface area contributed by atoms with E-state index in [1.165, 1.54) is 5.56 Å². The first-order chi connectivity index (χ1) is 10.2. The lowest BCUT2D eigenvalue weighted by Crippen LogP contribution is -2.49. The van der Waals surface area contributed by atoms with Crippen molar-refractivity contribution in [3.63, 3.8) is 0 Å². The van der Waals surface area contributed by atoms with Crippen molar-refractivity contribution in [2.45, 2.75) is 13.3 Å². The van der Waals surface area contributed by atoms with Gasteiger partial charge in [0.05, 0.1) is 0 Å². The molecule has 1 amide bonds. The summed E-state index contributed by atoms with van der Waals surface area (Å²) in [5, 5.41) is 0. The summed E-state index contributed by atoms with van der Waals surface area (Å²) in [5.74, 6) is 1.33. The van der Waals surface area contributed by atoms with Crippen molar-refractivity contribution in [3.8, 4) is 0 Å². The molecule has 0 radical (unpaired) electrons. The van der Waals surface area contributed by atoms with E-state index in [2.05, 4.69) is 53.1 Å². The minimum atomic E-state index is 0.328. The number of hydrogen-bond donors (Lipinski definition) is 0. The Morgan fingerprint density at radius 2 is 1.86 bits per heavy atom. The van der Waals surface area contributed by atoms with Crippen LogP contribution in [0.25, 0.3) is 6.08 Å². The molecule has 3 nitrogen and oxygen atoms in total. The molecular weight excluding hydrogens is 260 g/mol. The zero-order valence-electron chi connectivity index (χ0n) is 12.7. The van der Waals surface area contributed by atoms with Crippen LogP contribution in [0.4, 0.5) is 0 Å². The Kier molecular flexibility index (Phi) is 4.39. The quantitative estimate of drug-likeness (QED) is 0.848. The Morgan fingerprint density at radius 1 is 1.19 bits per heavy atom. The number of amides is 1. The molecule has 2 unspecified atom stereocenters. The molecule has 0 bridgehead atoms. The van der Waals surface area contributed by atoms with Gasteiger partial charge < -0.3 is 4.90 Å². The molecule has 3 rings (SSSR count). The maximum Gasteiger partial charge on any atom is 0.226 e. The first-order valence-corrected chi connectivity index (χ1v) is 7.97. The van der Waals surface area contributed by atoms with Crippen LogP contribution in [0.5, 0.6) is 0 Å². The normalized spacial score (nSPS) is 26.2. The molecule has 1 saturated heterocycles. The van der Waals surface area contributed by atoms with E-state index in [9.17, 15) is 4.79 Å². The molecule has 0 N–H and O–H groups in total. The minimum Gasteiger partial charge on any atom is -0.340 e. The van der Waals surface area contributed by atoms with E-state index in [-0.39, 0.29) is 0 Å². The minimum absolute atomic E-state index is 0.328. The van der Waals surface area contributed by atoms with E-state index in [0.717, 1.165) is 39.1 Å². The Hall–Kier alpha value is -1.61. The van der Waals surface area contributed by atoms with E-state index in [1.807, 2.05) is 6.07 Å². The maximum atomic E-state index is 12.2. The molecule has 1 saturated carbocycles. The average Bonchev–Trinajstić information content (AvgIpc) is 3.25. The summed E-state index contributed by atoms with van der Waals surface area (Å²) in [5.41, 5.74) is 1.24. The van der Waals surface area contributed by atoms with Gasteiger partial charge in [0.15, 0.2) is 0 Å². The zero-order valence-corrected chi connectivity index (χ0v) is 12.7. The largest absolute Gasteiger partial charge is 0.340 e. The number of nitrogens with zero attached hydrogens (tertiary/aromatic N) is 2. The first kappa shape index (κ1) is 14.3. The summed E-state index contributed by atoms with van der Waals surface area (Å²) in [6.07, 6.45) is 5.48. The van der Waals surface area contributed by atoms with Gasteiger partial charge in [-0.25, -0.2) is 0 Å². The lowest BCUT2D eigenvalue weighted by Gasteiger charge is -2.34. The molecule has 21 heavy (non-hydrogen) atoms. The van der Waals surface area contributed by atoms with Crippen molar-refractivity contribution in [1.82, 2.24) is 9.80 Å². The zero-order chi connectivity index (χ0) is 14.7. The highest BCUT2D eigenvalue weighted by molar-refractivity contribution is 5.81. The summed E-state index contributed by atoms with van der Waals surface area (Å²) in [4.78, 5) is 16.6. The molecule has 1 aromatic rings. The second-order valence-electron chi connectivity index (χ2n) is 6.26. The summed E-state index contributed by atoms with van der Waals surface area (Å²) in [7, 11) is 0. The summed E-state index contributed by atoms with van der Waals surface area (Å²) < 4.78 is 0. The Morgan fingerprint density at radius 3 is 2.48 bits per heavy atom. The van der Waals surface area contributed by atoms with Gasteiger partial charge in [-0.2, -0.15) is 0 Å². The number of benzene rings is 1. The first-order valence-electron chi connectivity index (χ1n) is 7.97. The number of rotatable bonds is 4. The van der Waals surface area contributed by atoms with Gasteiger partial charge in [0.25, 0.3) is 0 Å². The molecule has 1 aliphatic carbocycles. The fourth-order valence-electron chi connectivity index (χ4n) is 2.95. The second-order valence-corrected chi connectivity index (χ2v) is 6.26. The maximum absolute atomic E-state index is 12.2. The standard InChI is InChI=1S/C18H24N2O/c1-15-14-17(15)18(21)20-12-10-19(11-13-20)9-5-8-16-6-3-2-4-7-16/h2-8,15,17H,9-14H2,1H3. The van der Waals surface area contributed by atoms with Crippen LogP contribution in [0, 0.1) is 11.8 Å². The van der Waals surface area contributed by atoms with Crippen LogP contribution in [0.15, 0.2) is 36.4 Å². The van der Waals surface area contributed by atoms with Gasteiger partial charge in [0, 0.05) is 38.6 Å². The molecule has 2 aliphatic rings. The third kappa shape index (κ3) is 3.73. The van der Waals surface area contributed by atoms with Crippen LogP contribution in [0.2, 0.25) is 0 Å². The molecule has 3 heteroatoms. The molecule has 0 aromatic heterocycles. The highest BCUT2D eigenvalue weighted by atomic mass is 16.2. The molecule has 2 atom stereocenters. The topological polar surface area (TPSA) is 23.6 Å². The van der Waals surface area contributed by atoms with Gasteiger partial charge in [-0.05, 0) is 17.9 Å². The van der Waals surface area contributed by atoms with Crippen LogP contribution in [0.3, 0.4) is 0 Å². The fraction of sp³-hybridized carbons (Fsp3) is 0.500. The second kappa shape index (κ2) is 6.44. The monoisotopic (exact) mass is 284 g/mol. The van der Waals surface area contributed by atoms with E-state index in [0.29, 0.717) is 17.7 Å². The summed E-state index contributed by atoms with van der Waals surface area (Å²) in [6, 6.07) is 10.4. The number of piperazine rings is 1. The van der Waals surface area contributed by atoms with Crippen LogP contribution in [-0.2, 0) is 4.79 Å².